The summed E-state index contributed by atoms with van der Waals surface area (Å²) in [5.74, 6) is -0.347. The SMILES string of the molecule is Cc1nn(C)c(C)c1C=C(Cc1ccc(-c2cnccn2)cc1)C(=O)N[C@@H](Cc1ccccc1)C(=O)N1CCc2ccccc2C1. The number of carbonyl (C=O) groups excluding carboxylic acids is 2. The lowest BCUT2D eigenvalue weighted by Gasteiger charge is -2.32. The van der Waals surface area contributed by atoms with Crippen LogP contribution in [-0.4, -0.2) is 49.0 Å². The number of benzene rings is 3. The normalized spacial score (nSPS) is 13.6. The van der Waals surface area contributed by atoms with E-state index < -0.39 is 6.04 Å². The first-order chi connectivity index (χ1) is 22.4. The Morgan fingerprint density at radius 2 is 1.65 bits per heavy atom. The Kier molecular flexibility index (Phi) is 9.15. The minimum absolute atomic E-state index is 0.0758. The van der Waals surface area contributed by atoms with Crippen molar-refractivity contribution in [3.63, 3.8) is 0 Å². The molecule has 1 aliphatic rings. The van der Waals surface area contributed by atoms with E-state index >= 15 is 0 Å². The zero-order valence-corrected chi connectivity index (χ0v) is 26.5. The predicted octanol–water partition coefficient (Wildman–Crippen LogP) is 5.43. The van der Waals surface area contributed by atoms with Crippen LogP contribution in [0, 0.1) is 13.8 Å². The minimum Gasteiger partial charge on any atom is -0.340 e. The molecule has 8 heteroatoms. The number of aryl methyl sites for hydroxylation is 2. The molecule has 0 saturated heterocycles. The van der Waals surface area contributed by atoms with Crippen LogP contribution >= 0.6 is 0 Å². The van der Waals surface area contributed by atoms with E-state index in [1.807, 2.05) is 103 Å². The van der Waals surface area contributed by atoms with Gasteiger partial charge in [-0.3, -0.25) is 24.2 Å². The third-order valence-electron chi connectivity index (χ3n) is 8.71. The van der Waals surface area contributed by atoms with Gasteiger partial charge in [0.25, 0.3) is 0 Å². The van der Waals surface area contributed by atoms with Crippen molar-refractivity contribution in [3.05, 3.63) is 142 Å². The maximum Gasteiger partial charge on any atom is 0.248 e. The highest BCUT2D eigenvalue weighted by Gasteiger charge is 2.30. The van der Waals surface area contributed by atoms with E-state index in [0.717, 1.165) is 51.3 Å². The molecule has 2 aromatic heterocycles. The smallest absolute Gasteiger partial charge is 0.248 e. The van der Waals surface area contributed by atoms with E-state index in [0.29, 0.717) is 31.5 Å². The summed E-state index contributed by atoms with van der Waals surface area (Å²) in [4.78, 5) is 38.8. The van der Waals surface area contributed by atoms with Crippen LogP contribution in [0.1, 0.15) is 39.2 Å². The maximum absolute atomic E-state index is 14.3. The molecule has 1 N–H and O–H groups in total. The van der Waals surface area contributed by atoms with Crippen LogP contribution in [0.15, 0.2) is 103 Å². The van der Waals surface area contributed by atoms with Crippen molar-refractivity contribution in [2.75, 3.05) is 6.54 Å². The van der Waals surface area contributed by atoms with Gasteiger partial charge in [-0.2, -0.15) is 5.10 Å². The molecular formula is C38H38N6O2. The fourth-order valence-corrected chi connectivity index (χ4v) is 6.04. The molecule has 2 amide bonds. The first-order valence-corrected chi connectivity index (χ1v) is 15.6. The number of nitrogens with zero attached hydrogens (tertiary/aromatic N) is 5. The largest absolute Gasteiger partial charge is 0.340 e. The van der Waals surface area contributed by atoms with Crippen LogP contribution < -0.4 is 5.32 Å². The zero-order valence-electron chi connectivity index (χ0n) is 26.5. The monoisotopic (exact) mass is 610 g/mol. The average Bonchev–Trinajstić information content (AvgIpc) is 3.33. The minimum atomic E-state index is -0.723. The topological polar surface area (TPSA) is 93.0 Å². The van der Waals surface area contributed by atoms with E-state index in [1.54, 1.807) is 18.6 Å². The van der Waals surface area contributed by atoms with Gasteiger partial charge in [-0.25, -0.2) is 0 Å². The van der Waals surface area contributed by atoms with E-state index in [4.69, 9.17) is 0 Å². The third-order valence-corrected chi connectivity index (χ3v) is 8.71. The highest BCUT2D eigenvalue weighted by Crippen LogP contribution is 2.23. The molecule has 232 valence electrons. The summed E-state index contributed by atoms with van der Waals surface area (Å²) in [7, 11) is 1.90. The second-order valence-electron chi connectivity index (χ2n) is 11.8. The Morgan fingerprint density at radius 1 is 0.913 bits per heavy atom. The summed E-state index contributed by atoms with van der Waals surface area (Å²) in [5, 5.41) is 7.73. The molecule has 8 nitrogen and oxygen atoms in total. The van der Waals surface area contributed by atoms with Gasteiger partial charge in [0.2, 0.25) is 11.8 Å². The lowest BCUT2D eigenvalue weighted by molar-refractivity contribution is -0.136. The van der Waals surface area contributed by atoms with Crippen molar-refractivity contribution in [3.8, 4) is 11.3 Å². The van der Waals surface area contributed by atoms with Crippen molar-refractivity contribution in [2.24, 2.45) is 7.05 Å². The zero-order chi connectivity index (χ0) is 32.0. The van der Waals surface area contributed by atoms with Crippen LogP contribution in [0.3, 0.4) is 0 Å². The van der Waals surface area contributed by atoms with Crippen LogP contribution in [0.2, 0.25) is 0 Å². The molecule has 1 atom stereocenters. The molecule has 0 bridgehead atoms. The van der Waals surface area contributed by atoms with Gasteiger partial charge in [0, 0.05) is 67.8 Å². The van der Waals surface area contributed by atoms with Gasteiger partial charge in [-0.05, 0) is 48.6 Å². The molecule has 5 aromatic rings. The van der Waals surface area contributed by atoms with E-state index in [1.165, 1.54) is 5.56 Å². The number of aromatic nitrogens is 4. The van der Waals surface area contributed by atoms with Gasteiger partial charge in [-0.15, -0.1) is 0 Å². The highest BCUT2D eigenvalue weighted by molar-refractivity contribution is 6.01. The standard InChI is InChI=1S/C38H38N6O2/c1-26-34(27(2)43(3)42-26)23-33(21-29-13-15-31(16-14-29)36-24-39-18-19-40-36)37(45)41-35(22-28-9-5-4-6-10-28)38(46)44-20-17-30-11-7-8-12-32(30)25-44/h4-16,18-19,23-24,35H,17,20-22,25H2,1-3H3,(H,41,45)/t35-/m0/s1. The molecule has 46 heavy (non-hydrogen) atoms. The van der Waals surface area contributed by atoms with E-state index in [9.17, 15) is 9.59 Å². The Labute approximate surface area is 269 Å². The third kappa shape index (κ3) is 6.96. The molecular weight excluding hydrogens is 572 g/mol. The molecule has 1 aliphatic heterocycles. The van der Waals surface area contributed by atoms with Crippen molar-refractivity contribution in [2.45, 2.75) is 45.7 Å². The van der Waals surface area contributed by atoms with Crippen LogP contribution in [-0.2, 0) is 42.4 Å². The van der Waals surface area contributed by atoms with Crippen LogP contribution in [0.4, 0.5) is 0 Å². The van der Waals surface area contributed by atoms with Crippen LogP contribution in [0.25, 0.3) is 17.3 Å². The molecule has 0 fully saturated rings. The van der Waals surface area contributed by atoms with Crippen molar-refractivity contribution in [1.82, 2.24) is 30.0 Å². The van der Waals surface area contributed by atoms with Gasteiger partial charge in [0.1, 0.15) is 6.04 Å². The predicted molar refractivity (Wildman–Crippen MR) is 179 cm³/mol. The molecule has 3 aromatic carbocycles. The van der Waals surface area contributed by atoms with E-state index in [-0.39, 0.29) is 11.8 Å². The second-order valence-corrected chi connectivity index (χ2v) is 11.8. The fourth-order valence-electron chi connectivity index (χ4n) is 6.04. The molecule has 0 saturated carbocycles. The lowest BCUT2D eigenvalue weighted by atomic mass is 9.97. The molecule has 6 rings (SSSR count). The molecule has 0 radical (unpaired) electrons. The molecule has 0 spiro atoms. The Morgan fingerprint density at radius 3 is 2.35 bits per heavy atom. The maximum atomic E-state index is 14.3. The average molecular weight is 611 g/mol. The van der Waals surface area contributed by atoms with Gasteiger partial charge < -0.3 is 10.2 Å². The van der Waals surface area contributed by atoms with Gasteiger partial charge in [-0.1, -0.05) is 78.9 Å². The summed E-state index contributed by atoms with van der Waals surface area (Å²) >= 11 is 0. The van der Waals surface area contributed by atoms with E-state index in [2.05, 4.69) is 32.5 Å². The second kappa shape index (κ2) is 13.7. The molecule has 0 aliphatic carbocycles. The number of amides is 2. The number of hydrogen-bond acceptors (Lipinski definition) is 5. The Bertz CT molecular complexity index is 1860. The molecule has 0 unspecified atom stereocenters. The summed E-state index contributed by atoms with van der Waals surface area (Å²) in [6, 6.07) is 25.4. The number of hydrogen-bond donors (Lipinski definition) is 1. The number of rotatable bonds is 9. The van der Waals surface area contributed by atoms with Crippen molar-refractivity contribution < 1.29 is 9.59 Å². The van der Waals surface area contributed by atoms with Crippen LogP contribution in [0.5, 0.6) is 0 Å². The Balaban J connectivity index is 1.30. The first-order valence-electron chi connectivity index (χ1n) is 15.6. The Hall–Kier alpha value is -5.37. The lowest BCUT2D eigenvalue weighted by Crippen LogP contribution is -2.51. The van der Waals surface area contributed by atoms with Gasteiger partial charge in [0.05, 0.1) is 17.6 Å². The van der Waals surface area contributed by atoms with Crippen molar-refractivity contribution >= 4 is 17.9 Å². The summed E-state index contributed by atoms with van der Waals surface area (Å²) < 4.78 is 1.82. The number of nitrogens with one attached hydrogen (secondary N) is 1. The summed E-state index contributed by atoms with van der Waals surface area (Å²) in [6.45, 7) is 5.09. The highest BCUT2D eigenvalue weighted by atomic mass is 16.2. The number of carbonyl (C=O) groups is 2. The summed E-state index contributed by atoms with van der Waals surface area (Å²) in [6.07, 6.45) is 8.54. The quantitative estimate of drug-likeness (QED) is 0.225. The fraction of sp³-hybridized carbons (Fsp3) is 0.237. The molecule has 3 heterocycles. The number of fused-ring (bicyclic) bond motifs is 1. The summed E-state index contributed by atoms with van der Waals surface area (Å²) in [5.41, 5.74) is 9.37. The van der Waals surface area contributed by atoms with Gasteiger partial charge >= 0.3 is 0 Å². The van der Waals surface area contributed by atoms with Crippen molar-refractivity contribution in [1.29, 1.82) is 0 Å². The first kappa shape index (κ1) is 30.6. The van der Waals surface area contributed by atoms with Gasteiger partial charge in [0.15, 0.2) is 0 Å².